The molecule has 0 fully saturated rings. The average molecular weight is 287 g/mol. The second-order valence-corrected chi connectivity index (χ2v) is 4.81. The van der Waals surface area contributed by atoms with E-state index in [1.54, 1.807) is 12.1 Å². The number of nitro groups is 1. The van der Waals surface area contributed by atoms with Gasteiger partial charge in [0, 0.05) is 23.3 Å². The third-order valence-corrected chi connectivity index (χ3v) is 3.34. The van der Waals surface area contributed by atoms with Crippen molar-refractivity contribution in [3.63, 3.8) is 0 Å². The van der Waals surface area contributed by atoms with Crippen molar-refractivity contribution in [1.82, 2.24) is 0 Å². The van der Waals surface area contributed by atoms with Gasteiger partial charge in [-0.05, 0) is 30.3 Å². The van der Waals surface area contributed by atoms with Crippen LogP contribution >= 0.6 is 0 Å². The molecule has 6 nitrogen and oxygen atoms in total. The maximum Gasteiger partial charge on any atom is 0.269 e. The zero-order valence-corrected chi connectivity index (χ0v) is 11.3. The molecule has 2 aromatic carbocycles. The summed E-state index contributed by atoms with van der Waals surface area (Å²) in [6, 6.07) is 12.5. The Balaban J connectivity index is 1.55. The lowest BCUT2D eigenvalue weighted by molar-refractivity contribution is -0.686. The smallest absolute Gasteiger partial charge is 0.269 e. The third kappa shape index (κ3) is 3.11. The average Bonchev–Trinajstić information content (AvgIpc) is 2.95. The summed E-state index contributed by atoms with van der Waals surface area (Å²) in [6.45, 7) is 1.87. The molecule has 21 heavy (non-hydrogen) atoms. The molecule has 0 atom stereocenters. The molecule has 108 valence electrons. The van der Waals surface area contributed by atoms with Gasteiger partial charge in [-0.2, -0.15) is 0 Å². The van der Waals surface area contributed by atoms with Crippen molar-refractivity contribution in [2.75, 3.05) is 6.79 Å². The molecule has 0 aromatic heterocycles. The normalized spacial score (nSPS) is 12.4. The van der Waals surface area contributed by atoms with Crippen LogP contribution in [0.2, 0.25) is 0 Å². The van der Waals surface area contributed by atoms with Crippen molar-refractivity contribution in [2.45, 2.75) is 13.1 Å². The summed E-state index contributed by atoms with van der Waals surface area (Å²) in [5, 5.41) is 12.7. The summed E-state index contributed by atoms with van der Waals surface area (Å²) in [7, 11) is 0. The maximum absolute atomic E-state index is 10.6. The molecule has 0 spiro atoms. The molecular formula is C15H15N2O4+. The van der Waals surface area contributed by atoms with Crippen molar-refractivity contribution < 1.29 is 19.7 Å². The summed E-state index contributed by atoms with van der Waals surface area (Å²) in [6.07, 6.45) is 0. The van der Waals surface area contributed by atoms with Crippen LogP contribution in [0.1, 0.15) is 11.1 Å². The first-order valence-corrected chi connectivity index (χ1v) is 6.66. The molecule has 0 saturated carbocycles. The molecule has 1 aliphatic heterocycles. The van der Waals surface area contributed by atoms with Gasteiger partial charge in [0.1, 0.15) is 13.1 Å². The largest absolute Gasteiger partial charge is 0.454 e. The van der Waals surface area contributed by atoms with Crippen molar-refractivity contribution >= 4 is 5.69 Å². The molecule has 0 aliphatic carbocycles. The first kappa shape index (κ1) is 13.4. The van der Waals surface area contributed by atoms with E-state index in [-0.39, 0.29) is 17.4 Å². The van der Waals surface area contributed by atoms with Crippen molar-refractivity contribution in [2.24, 2.45) is 0 Å². The van der Waals surface area contributed by atoms with Crippen LogP contribution in [-0.2, 0) is 13.1 Å². The number of hydrogen-bond acceptors (Lipinski definition) is 4. The topological polar surface area (TPSA) is 78.2 Å². The molecule has 3 rings (SSSR count). The van der Waals surface area contributed by atoms with Crippen LogP contribution in [0.25, 0.3) is 0 Å². The summed E-state index contributed by atoms with van der Waals surface area (Å²) in [5.41, 5.74) is 2.33. The van der Waals surface area contributed by atoms with Crippen LogP contribution in [0.4, 0.5) is 5.69 Å². The zero-order valence-electron chi connectivity index (χ0n) is 11.3. The van der Waals surface area contributed by atoms with E-state index in [0.29, 0.717) is 0 Å². The Hall–Kier alpha value is -2.60. The van der Waals surface area contributed by atoms with Gasteiger partial charge >= 0.3 is 0 Å². The van der Waals surface area contributed by atoms with Crippen molar-refractivity contribution in [3.05, 3.63) is 63.7 Å². The van der Waals surface area contributed by atoms with E-state index in [1.165, 1.54) is 12.1 Å². The summed E-state index contributed by atoms with van der Waals surface area (Å²) < 4.78 is 10.6. The standard InChI is InChI=1S/C15H14N2O4/c18-17(19)13-4-1-11(2-5-13)8-16-9-12-3-6-14-15(7-12)21-10-20-14/h1-7,16H,8-10H2/p+1. The van der Waals surface area contributed by atoms with Gasteiger partial charge in [-0.1, -0.05) is 0 Å². The minimum Gasteiger partial charge on any atom is -0.454 e. The lowest BCUT2D eigenvalue weighted by Crippen LogP contribution is -2.80. The molecule has 0 unspecified atom stereocenters. The molecule has 0 amide bonds. The highest BCUT2D eigenvalue weighted by Gasteiger charge is 2.13. The third-order valence-electron chi connectivity index (χ3n) is 3.34. The molecular weight excluding hydrogens is 272 g/mol. The Morgan fingerprint density at radius 2 is 1.67 bits per heavy atom. The molecule has 1 heterocycles. The van der Waals surface area contributed by atoms with E-state index < -0.39 is 0 Å². The van der Waals surface area contributed by atoms with E-state index in [4.69, 9.17) is 9.47 Å². The number of benzene rings is 2. The second-order valence-electron chi connectivity index (χ2n) is 4.81. The molecule has 6 heteroatoms. The van der Waals surface area contributed by atoms with Crippen LogP contribution in [0.3, 0.4) is 0 Å². The van der Waals surface area contributed by atoms with E-state index in [9.17, 15) is 10.1 Å². The molecule has 0 bridgehead atoms. The van der Waals surface area contributed by atoms with Gasteiger partial charge in [-0.15, -0.1) is 0 Å². The highest BCUT2D eigenvalue weighted by atomic mass is 16.7. The first-order chi connectivity index (χ1) is 10.2. The van der Waals surface area contributed by atoms with Gasteiger partial charge in [0.25, 0.3) is 5.69 Å². The minimum absolute atomic E-state index is 0.120. The van der Waals surface area contributed by atoms with Crippen LogP contribution in [0.5, 0.6) is 11.5 Å². The predicted octanol–water partition coefficient (Wildman–Crippen LogP) is 1.59. The molecule has 2 N–H and O–H groups in total. The number of nitrogens with two attached hydrogens (primary N) is 1. The maximum atomic E-state index is 10.6. The number of fused-ring (bicyclic) bond motifs is 1. The van der Waals surface area contributed by atoms with Gasteiger partial charge in [0.15, 0.2) is 11.5 Å². The fourth-order valence-corrected chi connectivity index (χ4v) is 2.23. The minimum atomic E-state index is -0.389. The number of non-ortho nitro benzene ring substituents is 1. The fraction of sp³-hybridized carbons (Fsp3) is 0.200. The van der Waals surface area contributed by atoms with E-state index in [2.05, 4.69) is 5.32 Å². The molecule has 2 aromatic rings. The Morgan fingerprint density at radius 3 is 2.43 bits per heavy atom. The Labute approximate surface area is 121 Å². The van der Waals surface area contributed by atoms with Gasteiger partial charge in [0.05, 0.1) is 4.92 Å². The highest BCUT2D eigenvalue weighted by Crippen LogP contribution is 2.32. The quantitative estimate of drug-likeness (QED) is 0.669. The Morgan fingerprint density at radius 1 is 1.00 bits per heavy atom. The lowest BCUT2D eigenvalue weighted by Gasteiger charge is -2.03. The fourth-order valence-electron chi connectivity index (χ4n) is 2.23. The highest BCUT2D eigenvalue weighted by molar-refractivity contribution is 5.44. The van der Waals surface area contributed by atoms with Crippen molar-refractivity contribution in [1.29, 1.82) is 0 Å². The van der Waals surface area contributed by atoms with E-state index in [1.807, 2.05) is 18.2 Å². The van der Waals surface area contributed by atoms with Gasteiger partial charge in [-0.25, -0.2) is 0 Å². The lowest BCUT2D eigenvalue weighted by atomic mass is 10.2. The summed E-state index contributed by atoms with van der Waals surface area (Å²) in [5.74, 6) is 1.57. The molecule has 0 radical (unpaired) electrons. The SMILES string of the molecule is O=[N+]([O-])c1ccc(C[NH2+]Cc2ccc3c(c2)OCO3)cc1. The van der Waals surface area contributed by atoms with Gasteiger partial charge in [-0.3, -0.25) is 10.1 Å². The zero-order chi connectivity index (χ0) is 14.7. The van der Waals surface area contributed by atoms with E-state index in [0.717, 1.165) is 35.7 Å². The summed E-state index contributed by atoms with van der Waals surface area (Å²) in [4.78, 5) is 10.2. The number of hydrogen-bond donors (Lipinski definition) is 1. The van der Waals surface area contributed by atoms with Gasteiger partial charge < -0.3 is 14.8 Å². The second kappa shape index (κ2) is 5.80. The number of rotatable bonds is 5. The predicted molar refractivity (Wildman–Crippen MR) is 75.0 cm³/mol. The number of quaternary nitrogens is 1. The number of ether oxygens (including phenoxy) is 2. The van der Waals surface area contributed by atoms with Crippen LogP contribution in [-0.4, -0.2) is 11.7 Å². The van der Waals surface area contributed by atoms with Crippen LogP contribution in [0.15, 0.2) is 42.5 Å². The number of nitro benzene ring substituents is 1. The monoisotopic (exact) mass is 287 g/mol. The first-order valence-electron chi connectivity index (χ1n) is 6.66. The Kier molecular flexibility index (Phi) is 3.70. The van der Waals surface area contributed by atoms with E-state index >= 15 is 0 Å². The molecule has 0 saturated heterocycles. The number of nitrogens with zero attached hydrogens (tertiary/aromatic N) is 1. The Bertz CT molecular complexity index is 655. The summed E-state index contributed by atoms with van der Waals surface area (Å²) >= 11 is 0. The van der Waals surface area contributed by atoms with Crippen molar-refractivity contribution in [3.8, 4) is 11.5 Å². The van der Waals surface area contributed by atoms with Gasteiger partial charge in [0.2, 0.25) is 6.79 Å². The molecule has 1 aliphatic rings. The van der Waals surface area contributed by atoms with Crippen LogP contribution < -0.4 is 14.8 Å². The van der Waals surface area contributed by atoms with Crippen LogP contribution in [0, 0.1) is 10.1 Å².